The van der Waals surface area contributed by atoms with Crippen LogP contribution in [0.3, 0.4) is 0 Å². The summed E-state index contributed by atoms with van der Waals surface area (Å²) in [5.41, 5.74) is 3.17. The maximum atomic E-state index is 3.78. The summed E-state index contributed by atoms with van der Waals surface area (Å²) in [6.45, 7) is 16.0. The third-order valence-corrected chi connectivity index (χ3v) is 4.15. The molecule has 118 valence electrons. The van der Waals surface area contributed by atoms with Crippen LogP contribution in [0, 0.1) is 18.3 Å². The van der Waals surface area contributed by atoms with Gasteiger partial charge in [-0.2, -0.15) is 0 Å². The van der Waals surface area contributed by atoms with Crippen LogP contribution in [0.4, 0.5) is 0 Å². The molecule has 2 rings (SSSR count). The minimum Gasteiger partial charge on any atom is -0.312 e. The van der Waals surface area contributed by atoms with Crippen molar-refractivity contribution in [2.45, 2.75) is 53.6 Å². The first kappa shape index (κ1) is 16.5. The number of hydrogen-bond acceptors (Lipinski definition) is 2. The Morgan fingerprint density at radius 3 is 2.67 bits per heavy atom. The van der Waals surface area contributed by atoms with Crippen molar-refractivity contribution in [2.24, 2.45) is 11.3 Å². The molecule has 1 aliphatic rings. The van der Waals surface area contributed by atoms with Gasteiger partial charge in [0.2, 0.25) is 0 Å². The molecule has 0 spiro atoms. The van der Waals surface area contributed by atoms with E-state index in [1.807, 2.05) is 0 Å². The van der Waals surface area contributed by atoms with Gasteiger partial charge in [-0.15, -0.1) is 0 Å². The van der Waals surface area contributed by atoms with Gasteiger partial charge < -0.3 is 5.32 Å². The molecule has 1 fully saturated rings. The minimum absolute atomic E-state index is 0.363. The third-order valence-electron chi connectivity index (χ3n) is 4.15. The number of aryl methyl sites for hydroxylation is 1. The van der Waals surface area contributed by atoms with Crippen LogP contribution >= 0.6 is 0 Å². The molecule has 2 nitrogen and oxygen atoms in total. The van der Waals surface area contributed by atoms with Gasteiger partial charge in [0.1, 0.15) is 0 Å². The monoisotopic (exact) mass is 288 g/mol. The third kappa shape index (κ3) is 5.80. The molecule has 0 aliphatic carbocycles. The van der Waals surface area contributed by atoms with E-state index in [0.29, 0.717) is 11.5 Å². The van der Waals surface area contributed by atoms with Gasteiger partial charge in [-0.05, 0) is 30.2 Å². The van der Waals surface area contributed by atoms with E-state index in [2.05, 4.69) is 69.1 Å². The summed E-state index contributed by atoms with van der Waals surface area (Å²) < 4.78 is 0. The largest absolute Gasteiger partial charge is 0.312 e. The lowest BCUT2D eigenvalue weighted by Crippen LogP contribution is -2.49. The van der Waals surface area contributed by atoms with E-state index < -0.39 is 0 Å². The van der Waals surface area contributed by atoms with E-state index in [0.717, 1.165) is 19.0 Å². The Kier molecular flexibility index (Phi) is 5.45. The van der Waals surface area contributed by atoms with Crippen LogP contribution in [0.5, 0.6) is 0 Å². The summed E-state index contributed by atoms with van der Waals surface area (Å²) in [5, 5.41) is 3.78. The summed E-state index contributed by atoms with van der Waals surface area (Å²) >= 11 is 0. The Bertz CT molecular complexity index is 447. The summed E-state index contributed by atoms with van der Waals surface area (Å²) in [6, 6.07) is 9.56. The molecular formula is C19H32N2. The molecule has 0 radical (unpaired) electrons. The van der Waals surface area contributed by atoms with Crippen molar-refractivity contribution in [1.29, 1.82) is 0 Å². The minimum atomic E-state index is 0.363. The fourth-order valence-corrected chi connectivity index (χ4v) is 3.26. The van der Waals surface area contributed by atoms with Crippen molar-refractivity contribution in [3.63, 3.8) is 0 Å². The lowest BCUT2D eigenvalue weighted by molar-refractivity contribution is 0.136. The van der Waals surface area contributed by atoms with Crippen LogP contribution in [0.15, 0.2) is 24.3 Å². The molecule has 0 saturated carbocycles. The second-order valence-corrected chi connectivity index (χ2v) is 8.16. The van der Waals surface area contributed by atoms with E-state index in [-0.39, 0.29) is 0 Å². The zero-order valence-electron chi connectivity index (χ0n) is 14.4. The topological polar surface area (TPSA) is 15.3 Å². The second-order valence-electron chi connectivity index (χ2n) is 8.16. The highest BCUT2D eigenvalue weighted by atomic mass is 15.2. The molecule has 0 amide bonds. The molecule has 2 heteroatoms. The predicted molar refractivity (Wildman–Crippen MR) is 91.5 cm³/mol. The SMILES string of the molecule is Cc1cccc(CN2CC(C)CC(NCC(C)(C)C)C2)c1. The van der Waals surface area contributed by atoms with Crippen molar-refractivity contribution in [2.75, 3.05) is 19.6 Å². The van der Waals surface area contributed by atoms with Crippen molar-refractivity contribution in [3.05, 3.63) is 35.4 Å². The van der Waals surface area contributed by atoms with Crippen LogP contribution in [-0.2, 0) is 6.54 Å². The molecular weight excluding hydrogens is 256 g/mol. The zero-order valence-corrected chi connectivity index (χ0v) is 14.4. The van der Waals surface area contributed by atoms with Crippen LogP contribution in [0.2, 0.25) is 0 Å². The van der Waals surface area contributed by atoms with E-state index in [9.17, 15) is 0 Å². The first-order valence-electron chi connectivity index (χ1n) is 8.33. The molecule has 0 bridgehead atoms. The number of nitrogens with zero attached hydrogens (tertiary/aromatic N) is 1. The first-order chi connectivity index (χ1) is 9.82. The van der Waals surface area contributed by atoms with Gasteiger partial charge in [0.15, 0.2) is 0 Å². The highest BCUT2D eigenvalue weighted by Gasteiger charge is 2.25. The zero-order chi connectivity index (χ0) is 15.5. The number of rotatable bonds is 4. The Morgan fingerprint density at radius 1 is 1.24 bits per heavy atom. The lowest BCUT2D eigenvalue weighted by Gasteiger charge is -2.38. The van der Waals surface area contributed by atoms with Crippen LogP contribution in [0.25, 0.3) is 0 Å². The summed E-state index contributed by atoms with van der Waals surface area (Å²) in [7, 11) is 0. The number of hydrogen-bond donors (Lipinski definition) is 1. The average molecular weight is 288 g/mol. The van der Waals surface area contributed by atoms with E-state index >= 15 is 0 Å². The van der Waals surface area contributed by atoms with E-state index in [1.165, 1.54) is 30.6 Å². The van der Waals surface area contributed by atoms with Crippen LogP contribution < -0.4 is 5.32 Å². The van der Waals surface area contributed by atoms with Crippen molar-refractivity contribution in [3.8, 4) is 0 Å². The average Bonchev–Trinajstić information content (AvgIpc) is 2.35. The Hall–Kier alpha value is -0.860. The molecule has 1 N–H and O–H groups in total. The van der Waals surface area contributed by atoms with Gasteiger partial charge >= 0.3 is 0 Å². The molecule has 21 heavy (non-hydrogen) atoms. The summed E-state index contributed by atoms with van der Waals surface area (Å²) in [4.78, 5) is 2.61. The van der Waals surface area contributed by atoms with Gasteiger partial charge in [-0.1, -0.05) is 57.5 Å². The summed E-state index contributed by atoms with van der Waals surface area (Å²) in [6.07, 6.45) is 1.31. The van der Waals surface area contributed by atoms with Gasteiger partial charge in [-0.3, -0.25) is 4.90 Å². The Morgan fingerprint density at radius 2 is 2.00 bits per heavy atom. The van der Waals surface area contributed by atoms with E-state index in [1.54, 1.807) is 0 Å². The maximum absolute atomic E-state index is 3.78. The molecule has 1 aromatic carbocycles. The first-order valence-corrected chi connectivity index (χ1v) is 8.33. The molecule has 2 unspecified atom stereocenters. The fourth-order valence-electron chi connectivity index (χ4n) is 3.26. The van der Waals surface area contributed by atoms with E-state index in [4.69, 9.17) is 0 Å². The quantitative estimate of drug-likeness (QED) is 0.905. The summed E-state index contributed by atoms with van der Waals surface area (Å²) in [5.74, 6) is 0.779. The number of nitrogens with one attached hydrogen (secondary N) is 1. The lowest BCUT2D eigenvalue weighted by atomic mass is 9.92. The van der Waals surface area contributed by atoms with Gasteiger partial charge in [0.05, 0.1) is 0 Å². The predicted octanol–water partition coefficient (Wildman–Crippen LogP) is 3.84. The number of likely N-dealkylation sites (tertiary alicyclic amines) is 1. The Balaban J connectivity index is 1.91. The Labute approximate surface area is 130 Å². The van der Waals surface area contributed by atoms with Crippen molar-refractivity contribution < 1.29 is 0 Å². The van der Waals surface area contributed by atoms with Gasteiger partial charge in [0, 0.05) is 32.2 Å². The fraction of sp³-hybridized carbons (Fsp3) is 0.684. The maximum Gasteiger partial charge on any atom is 0.0234 e. The van der Waals surface area contributed by atoms with Crippen molar-refractivity contribution >= 4 is 0 Å². The molecule has 1 aliphatic heterocycles. The van der Waals surface area contributed by atoms with Gasteiger partial charge in [-0.25, -0.2) is 0 Å². The van der Waals surface area contributed by atoms with Gasteiger partial charge in [0.25, 0.3) is 0 Å². The second kappa shape index (κ2) is 6.93. The normalized spacial score (nSPS) is 24.2. The molecule has 1 aromatic rings. The standard InChI is InChI=1S/C19H32N2/c1-15-7-6-8-17(9-15)12-21-11-16(2)10-18(13-21)20-14-19(3,4)5/h6-9,16,18,20H,10-14H2,1-5H3. The highest BCUT2D eigenvalue weighted by molar-refractivity contribution is 5.22. The molecule has 2 atom stereocenters. The molecule has 0 aromatic heterocycles. The molecule has 1 saturated heterocycles. The number of benzene rings is 1. The number of piperidine rings is 1. The highest BCUT2D eigenvalue weighted by Crippen LogP contribution is 2.20. The van der Waals surface area contributed by atoms with Crippen LogP contribution in [0.1, 0.15) is 45.2 Å². The molecule has 1 heterocycles. The smallest absolute Gasteiger partial charge is 0.0234 e. The van der Waals surface area contributed by atoms with Crippen LogP contribution in [-0.4, -0.2) is 30.6 Å². The van der Waals surface area contributed by atoms with Crippen molar-refractivity contribution in [1.82, 2.24) is 10.2 Å².